The Kier molecular flexibility index (Phi) is 4.70. The number of rotatable bonds is 4. The molecule has 1 aliphatic heterocycles. The summed E-state index contributed by atoms with van der Waals surface area (Å²) in [5.41, 5.74) is 4.96. The highest BCUT2D eigenvalue weighted by molar-refractivity contribution is 5.66. The highest BCUT2D eigenvalue weighted by Gasteiger charge is 2.16. The minimum absolute atomic E-state index is 0.722. The predicted molar refractivity (Wildman–Crippen MR) is 81.3 cm³/mol. The van der Waals surface area contributed by atoms with Crippen molar-refractivity contribution in [2.24, 2.45) is 5.92 Å². The molecule has 1 heterocycles. The quantitative estimate of drug-likeness (QED) is 0.875. The van der Waals surface area contributed by atoms with Crippen LogP contribution in [0, 0.1) is 26.7 Å². The fraction of sp³-hybridized carbons (Fsp3) is 0.625. The third kappa shape index (κ3) is 3.21. The van der Waals surface area contributed by atoms with Gasteiger partial charge in [-0.3, -0.25) is 0 Å². The average molecular weight is 262 g/mol. The zero-order valence-electron chi connectivity index (χ0n) is 12.6. The number of methoxy groups -OCH3 is 1. The molecule has 2 rings (SSSR count). The molecule has 0 saturated carbocycles. The molecular weight excluding hydrogens is 236 g/mol. The molecule has 1 fully saturated rings. The number of aryl methyl sites for hydroxylation is 2. The van der Waals surface area contributed by atoms with E-state index in [0.717, 1.165) is 30.4 Å². The zero-order chi connectivity index (χ0) is 13.8. The van der Waals surface area contributed by atoms with Crippen molar-refractivity contribution >= 4 is 5.69 Å². The lowest BCUT2D eigenvalue weighted by Crippen LogP contribution is -2.33. The summed E-state index contributed by atoms with van der Waals surface area (Å²) in [6, 6.07) is 2.24. The number of hydrogen-bond donors (Lipinski definition) is 2. The number of benzene rings is 1. The third-order valence-corrected chi connectivity index (χ3v) is 4.16. The van der Waals surface area contributed by atoms with Crippen molar-refractivity contribution in [2.75, 3.05) is 32.1 Å². The molecule has 19 heavy (non-hydrogen) atoms. The maximum absolute atomic E-state index is 5.60. The standard InChI is InChI=1S/C16H26N2O/c1-11-8-12(2)15(16(19-4)13(11)3)18-10-14-6-5-7-17-9-14/h8,14,17-18H,5-7,9-10H2,1-4H3. The van der Waals surface area contributed by atoms with Gasteiger partial charge in [0.15, 0.2) is 0 Å². The molecule has 3 nitrogen and oxygen atoms in total. The smallest absolute Gasteiger partial charge is 0.145 e. The summed E-state index contributed by atoms with van der Waals surface area (Å²) in [4.78, 5) is 0. The molecule has 3 heteroatoms. The second kappa shape index (κ2) is 6.29. The third-order valence-electron chi connectivity index (χ3n) is 4.16. The molecular formula is C16H26N2O. The molecule has 0 aliphatic carbocycles. The molecule has 1 aromatic carbocycles. The lowest BCUT2D eigenvalue weighted by molar-refractivity contribution is 0.390. The van der Waals surface area contributed by atoms with Crippen LogP contribution in [0.25, 0.3) is 0 Å². The molecule has 0 radical (unpaired) electrons. The van der Waals surface area contributed by atoms with E-state index in [1.807, 2.05) is 0 Å². The highest BCUT2D eigenvalue weighted by atomic mass is 16.5. The molecule has 1 atom stereocenters. The second-order valence-electron chi connectivity index (χ2n) is 5.64. The number of anilines is 1. The molecule has 1 aromatic rings. The van der Waals surface area contributed by atoms with Gasteiger partial charge in [-0.05, 0) is 69.3 Å². The fourth-order valence-electron chi connectivity index (χ4n) is 2.87. The van der Waals surface area contributed by atoms with Crippen LogP contribution < -0.4 is 15.4 Å². The molecule has 0 spiro atoms. The molecule has 1 saturated heterocycles. The Labute approximate surface area is 116 Å². The summed E-state index contributed by atoms with van der Waals surface area (Å²) in [7, 11) is 1.76. The normalized spacial score (nSPS) is 19.3. The van der Waals surface area contributed by atoms with Crippen LogP contribution in [0.1, 0.15) is 29.5 Å². The first-order chi connectivity index (χ1) is 9.13. The van der Waals surface area contributed by atoms with E-state index in [2.05, 4.69) is 37.5 Å². The summed E-state index contributed by atoms with van der Waals surface area (Å²) < 4.78 is 5.60. The van der Waals surface area contributed by atoms with E-state index < -0.39 is 0 Å². The molecule has 2 N–H and O–H groups in total. The molecule has 106 valence electrons. The van der Waals surface area contributed by atoms with Gasteiger partial charge >= 0.3 is 0 Å². The Morgan fingerprint density at radius 1 is 1.32 bits per heavy atom. The summed E-state index contributed by atoms with van der Waals surface area (Å²) in [5.74, 6) is 1.72. The maximum Gasteiger partial charge on any atom is 0.145 e. The van der Waals surface area contributed by atoms with Gasteiger partial charge < -0.3 is 15.4 Å². The van der Waals surface area contributed by atoms with E-state index in [1.165, 1.54) is 36.1 Å². The second-order valence-corrected chi connectivity index (χ2v) is 5.64. The zero-order valence-corrected chi connectivity index (χ0v) is 12.6. The monoisotopic (exact) mass is 262 g/mol. The van der Waals surface area contributed by atoms with E-state index in [1.54, 1.807) is 7.11 Å². The minimum atomic E-state index is 0.722. The van der Waals surface area contributed by atoms with Crippen molar-refractivity contribution in [3.8, 4) is 5.75 Å². The van der Waals surface area contributed by atoms with Crippen molar-refractivity contribution in [1.29, 1.82) is 0 Å². The Morgan fingerprint density at radius 2 is 2.11 bits per heavy atom. The Balaban J connectivity index is 2.12. The summed E-state index contributed by atoms with van der Waals surface area (Å²) >= 11 is 0. The van der Waals surface area contributed by atoms with Crippen molar-refractivity contribution < 1.29 is 4.74 Å². The highest BCUT2D eigenvalue weighted by Crippen LogP contribution is 2.34. The Morgan fingerprint density at radius 3 is 2.74 bits per heavy atom. The first-order valence-corrected chi connectivity index (χ1v) is 7.23. The van der Waals surface area contributed by atoms with E-state index in [0.29, 0.717) is 0 Å². The SMILES string of the molecule is COc1c(C)c(C)cc(C)c1NCC1CCCNC1. The van der Waals surface area contributed by atoms with Gasteiger partial charge in [0.25, 0.3) is 0 Å². The minimum Gasteiger partial charge on any atom is -0.494 e. The van der Waals surface area contributed by atoms with Crippen molar-refractivity contribution in [2.45, 2.75) is 33.6 Å². The molecule has 1 unspecified atom stereocenters. The molecule has 0 amide bonds. The van der Waals surface area contributed by atoms with Crippen LogP contribution in [0.15, 0.2) is 6.07 Å². The first-order valence-electron chi connectivity index (χ1n) is 7.23. The summed E-state index contributed by atoms with van der Waals surface area (Å²) in [6.07, 6.45) is 2.60. The average Bonchev–Trinajstić information content (AvgIpc) is 2.42. The number of nitrogens with one attached hydrogen (secondary N) is 2. The van der Waals surface area contributed by atoms with Crippen LogP contribution in [0.5, 0.6) is 5.75 Å². The lowest BCUT2D eigenvalue weighted by Gasteiger charge is -2.25. The van der Waals surface area contributed by atoms with Crippen LogP contribution in [-0.4, -0.2) is 26.7 Å². The van der Waals surface area contributed by atoms with E-state index in [4.69, 9.17) is 4.74 Å². The number of hydrogen-bond acceptors (Lipinski definition) is 3. The van der Waals surface area contributed by atoms with Crippen LogP contribution in [-0.2, 0) is 0 Å². The van der Waals surface area contributed by atoms with Crippen LogP contribution in [0.4, 0.5) is 5.69 Å². The molecule has 1 aliphatic rings. The van der Waals surface area contributed by atoms with Crippen LogP contribution in [0.3, 0.4) is 0 Å². The van der Waals surface area contributed by atoms with Gasteiger partial charge in [-0.2, -0.15) is 0 Å². The summed E-state index contributed by atoms with van der Waals surface area (Å²) in [6.45, 7) is 9.73. The van der Waals surface area contributed by atoms with Crippen LogP contribution >= 0.6 is 0 Å². The van der Waals surface area contributed by atoms with Crippen LogP contribution in [0.2, 0.25) is 0 Å². The van der Waals surface area contributed by atoms with Crippen molar-refractivity contribution in [3.63, 3.8) is 0 Å². The topological polar surface area (TPSA) is 33.3 Å². The first kappa shape index (κ1) is 14.2. The molecule has 0 aromatic heterocycles. The number of ether oxygens (including phenoxy) is 1. The van der Waals surface area contributed by atoms with E-state index in [9.17, 15) is 0 Å². The van der Waals surface area contributed by atoms with Crippen molar-refractivity contribution in [3.05, 3.63) is 22.8 Å². The van der Waals surface area contributed by atoms with Gasteiger partial charge in [-0.1, -0.05) is 6.07 Å². The van der Waals surface area contributed by atoms with E-state index in [-0.39, 0.29) is 0 Å². The Hall–Kier alpha value is -1.22. The van der Waals surface area contributed by atoms with E-state index >= 15 is 0 Å². The van der Waals surface area contributed by atoms with Gasteiger partial charge in [-0.15, -0.1) is 0 Å². The lowest BCUT2D eigenvalue weighted by atomic mass is 9.98. The van der Waals surface area contributed by atoms with Gasteiger partial charge in [0.05, 0.1) is 12.8 Å². The largest absolute Gasteiger partial charge is 0.494 e. The fourth-order valence-corrected chi connectivity index (χ4v) is 2.87. The van der Waals surface area contributed by atoms with Gasteiger partial charge in [0, 0.05) is 6.54 Å². The molecule has 0 bridgehead atoms. The van der Waals surface area contributed by atoms with Gasteiger partial charge in [-0.25, -0.2) is 0 Å². The van der Waals surface area contributed by atoms with Gasteiger partial charge in [0.1, 0.15) is 5.75 Å². The maximum atomic E-state index is 5.60. The van der Waals surface area contributed by atoms with Crippen molar-refractivity contribution in [1.82, 2.24) is 5.32 Å². The Bertz CT molecular complexity index is 437. The number of piperidine rings is 1. The predicted octanol–water partition coefficient (Wildman–Crippen LogP) is 3.03. The summed E-state index contributed by atoms with van der Waals surface area (Å²) in [5, 5.41) is 7.07. The van der Waals surface area contributed by atoms with Gasteiger partial charge in [0.2, 0.25) is 0 Å².